The normalized spacial score (nSPS) is 11.3. The first kappa shape index (κ1) is 19.9. The number of nitrogens with zero attached hydrogens (tertiary/aromatic N) is 1. The summed E-state index contributed by atoms with van der Waals surface area (Å²) in [5, 5.41) is 1.84. The van der Waals surface area contributed by atoms with E-state index >= 15 is 0 Å². The van der Waals surface area contributed by atoms with Crippen molar-refractivity contribution in [3.63, 3.8) is 0 Å². The van der Waals surface area contributed by atoms with E-state index in [-0.39, 0.29) is 18.4 Å². The zero-order valence-corrected chi connectivity index (χ0v) is 17.3. The molecule has 0 radical (unpaired) electrons. The fourth-order valence-electron chi connectivity index (χ4n) is 3.39. The van der Waals surface area contributed by atoms with Gasteiger partial charge in [0.05, 0.1) is 23.9 Å². The number of methoxy groups -OCH3 is 1. The number of rotatable bonds is 7. The molecule has 0 fully saturated rings. The lowest BCUT2D eigenvalue weighted by Gasteiger charge is -2.09. The maximum Gasteiger partial charge on any atom is 0.357 e. The Kier molecular flexibility index (Phi) is 5.68. The molecule has 0 aliphatic heterocycles. The van der Waals surface area contributed by atoms with Crippen molar-refractivity contribution >= 4 is 27.8 Å². The number of pyridine rings is 1. The molecule has 0 aliphatic rings. The van der Waals surface area contributed by atoms with E-state index in [2.05, 4.69) is 9.97 Å². The van der Waals surface area contributed by atoms with Gasteiger partial charge in [0.1, 0.15) is 18.1 Å². The molecule has 2 heterocycles. The Morgan fingerprint density at radius 3 is 2.57 bits per heavy atom. The van der Waals surface area contributed by atoms with Gasteiger partial charge in [0.25, 0.3) is 0 Å². The maximum atomic E-state index is 12.5. The van der Waals surface area contributed by atoms with E-state index in [9.17, 15) is 4.79 Å². The third kappa shape index (κ3) is 4.14. The minimum absolute atomic E-state index is 0.221. The number of ether oxygens (including phenoxy) is 3. The molecule has 6 nitrogen and oxygen atoms in total. The van der Waals surface area contributed by atoms with Gasteiger partial charge in [0.2, 0.25) is 0 Å². The van der Waals surface area contributed by atoms with Gasteiger partial charge in [0, 0.05) is 23.4 Å². The molecule has 30 heavy (non-hydrogen) atoms. The Morgan fingerprint density at radius 2 is 1.83 bits per heavy atom. The van der Waals surface area contributed by atoms with Crippen LogP contribution in [-0.2, 0) is 22.7 Å². The predicted molar refractivity (Wildman–Crippen MR) is 116 cm³/mol. The summed E-state index contributed by atoms with van der Waals surface area (Å²) in [6.45, 7) is 4.39. The number of aromatic nitrogens is 2. The molecular weight excluding hydrogens is 380 g/mol. The lowest BCUT2D eigenvalue weighted by Crippen LogP contribution is -2.14. The average molecular weight is 404 g/mol. The van der Waals surface area contributed by atoms with Gasteiger partial charge in [-0.05, 0) is 43.7 Å². The molecule has 4 rings (SSSR count). The third-order valence-electron chi connectivity index (χ3n) is 4.72. The zero-order chi connectivity index (χ0) is 21.1. The van der Waals surface area contributed by atoms with E-state index in [1.807, 2.05) is 62.4 Å². The Balaban J connectivity index is 1.75. The molecule has 0 spiro atoms. The molecule has 6 heteroatoms. The molecule has 0 unspecified atom stereocenters. The van der Waals surface area contributed by atoms with Crippen LogP contribution < -0.4 is 4.74 Å². The van der Waals surface area contributed by atoms with Crippen molar-refractivity contribution in [3.8, 4) is 5.75 Å². The molecule has 0 bridgehead atoms. The van der Waals surface area contributed by atoms with Gasteiger partial charge >= 0.3 is 5.97 Å². The van der Waals surface area contributed by atoms with E-state index in [1.54, 1.807) is 13.2 Å². The van der Waals surface area contributed by atoms with Gasteiger partial charge in [-0.25, -0.2) is 9.78 Å². The van der Waals surface area contributed by atoms with Crippen molar-refractivity contribution in [2.75, 3.05) is 7.11 Å². The van der Waals surface area contributed by atoms with Crippen molar-refractivity contribution in [3.05, 3.63) is 71.5 Å². The van der Waals surface area contributed by atoms with Crippen molar-refractivity contribution in [1.29, 1.82) is 0 Å². The van der Waals surface area contributed by atoms with E-state index in [0.29, 0.717) is 12.3 Å². The molecule has 0 aliphatic carbocycles. The minimum Gasteiger partial charge on any atom is -0.489 e. The number of fused-ring (bicyclic) bond motifs is 3. The summed E-state index contributed by atoms with van der Waals surface area (Å²) in [5.74, 6) is 0.304. The number of H-pyrrole nitrogens is 1. The molecule has 4 aromatic rings. The van der Waals surface area contributed by atoms with Crippen molar-refractivity contribution < 1.29 is 19.0 Å². The first-order valence-electron chi connectivity index (χ1n) is 9.87. The molecule has 1 N–H and O–H groups in total. The molecule has 2 aromatic heterocycles. The predicted octanol–water partition coefficient (Wildman–Crippen LogP) is 5.01. The molecule has 0 atom stereocenters. The molecular formula is C24H24N2O4. The van der Waals surface area contributed by atoms with Crippen LogP contribution in [0.5, 0.6) is 5.75 Å². The second-order valence-corrected chi connectivity index (χ2v) is 7.37. The summed E-state index contributed by atoms with van der Waals surface area (Å²) in [7, 11) is 1.60. The highest BCUT2D eigenvalue weighted by atomic mass is 16.5. The first-order chi connectivity index (χ1) is 14.5. The minimum atomic E-state index is -0.449. The Hall–Kier alpha value is -3.38. The smallest absolute Gasteiger partial charge is 0.357 e. The van der Waals surface area contributed by atoms with Crippen LogP contribution >= 0.6 is 0 Å². The Labute approximate surface area is 174 Å². The molecule has 2 aromatic carbocycles. The Morgan fingerprint density at radius 1 is 1.03 bits per heavy atom. The second-order valence-electron chi connectivity index (χ2n) is 7.37. The molecule has 0 saturated heterocycles. The van der Waals surface area contributed by atoms with E-state index in [1.165, 1.54) is 0 Å². The number of aromatic amines is 1. The topological polar surface area (TPSA) is 73.4 Å². The van der Waals surface area contributed by atoms with Crippen LogP contribution in [0.1, 0.15) is 35.6 Å². The number of hydrogen-bond donors (Lipinski definition) is 1. The average Bonchev–Trinajstić information content (AvgIpc) is 3.11. The van der Waals surface area contributed by atoms with Gasteiger partial charge in [-0.15, -0.1) is 0 Å². The number of carbonyl (C=O) groups excluding carboxylic acids is 1. The molecule has 154 valence electrons. The van der Waals surface area contributed by atoms with Gasteiger partial charge in [0.15, 0.2) is 0 Å². The van der Waals surface area contributed by atoms with Crippen LogP contribution in [0.15, 0.2) is 54.6 Å². The summed E-state index contributed by atoms with van der Waals surface area (Å²) < 4.78 is 16.6. The fraction of sp³-hybridized carbons (Fsp3) is 0.250. The van der Waals surface area contributed by atoms with Crippen LogP contribution in [0.4, 0.5) is 0 Å². The fourth-order valence-corrected chi connectivity index (χ4v) is 3.39. The van der Waals surface area contributed by atoms with Crippen LogP contribution in [0.2, 0.25) is 0 Å². The van der Waals surface area contributed by atoms with Gasteiger partial charge in [-0.3, -0.25) is 0 Å². The number of hydrogen-bond acceptors (Lipinski definition) is 5. The monoisotopic (exact) mass is 404 g/mol. The highest BCUT2D eigenvalue weighted by Gasteiger charge is 2.18. The van der Waals surface area contributed by atoms with Crippen LogP contribution in [-0.4, -0.2) is 29.2 Å². The number of nitrogens with one attached hydrogen (secondary N) is 1. The quantitative estimate of drug-likeness (QED) is 0.439. The standard InChI is InChI=1S/C24H24N2O4/c1-15(2)30-24(27)21-12-19-18-11-17(29-13-16-7-5-4-6-8-16)9-10-20(18)26-23(19)22(25-21)14-28-3/h4-12,15,26H,13-14H2,1-3H3. The zero-order valence-electron chi connectivity index (χ0n) is 17.3. The maximum absolute atomic E-state index is 12.5. The molecule has 0 saturated carbocycles. The van der Waals surface area contributed by atoms with Gasteiger partial charge < -0.3 is 19.2 Å². The third-order valence-corrected chi connectivity index (χ3v) is 4.72. The van der Waals surface area contributed by atoms with Crippen LogP contribution in [0, 0.1) is 0 Å². The van der Waals surface area contributed by atoms with Gasteiger partial charge in [-0.1, -0.05) is 30.3 Å². The summed E-state index contributed by atoms with van der Waals surface area (Å²) in [6, 6.07) is 17.7. The SMILES string of the molecule is COCc1nc(C(=O)OC(C)C)cc2c1[nH]c1ccc(OCc3ccccc3)cc12. The number of benzene rings is 2. The summed E-state index contributed by atoms with van der Waals surface area (Å²) in [5.41, 5.74) is 3.80. The highest BCUT2D eigenvalue weighted by Crippen LogP contribution is 2.31. The number of carbonyl (C=O) groups is 1. The van der Waals surface area contributed by atoms with Crippen molar-refractivity contribution in [2.24, 2.45) is 0 Å². The van der Waals surface area contributed by atoms with Crippen LogP contribution in [0.25, 0.3) is 21.8 Å². The van der Waals surface area contributed by atoms with E-state index in [0.717, 1.165) is 33.1 Å². The van der Waals surface area contributed by atoms with E-state index < -0.39 is 5.97 Å². The van der Waals surface area contributed by atoms with E-state index in [4.69, 9.17) is 14.2 Å². The highest BCUT2D eigenvalue weighted by molar-refractivity contribution is 6.10. The van der Waals surface area contributed by atoms with Crippen LogP contribution in [0.3, 0.4) is 0 Å². The van der Waals surface area contributed by atoms with Crippen molar-refractivity contribution in [2.45, 2.75) is 33.2 Å². The summed E-state index contributed by atoms with van der Waals surface area (Å²) in [4.78, 5) is 20.3. The first-order valence-corrected chi connectivity index (χ1v) is 9.87. The lowest BCUT2D eigenvalue weighted by atomic mass is 10.1. The number of esters is 1. The summed E-state index contributed by atoms with van der Waals surface area (Å²) >= 11 is 0. The van der Waals surface area contributed by atoms with Gasteiger partial charge in [-0.2, -0.15) is 0 Å². The lowest BCUT2D eigenvalue weighted by molar-refractivity contribution is 0.0370. The second kappa shape index (κ2) is 8.55. The molecule has 0 amide bonds. The Bertz CT molecular complexity index is 1180. The largest absolute Gasteiger partial charge is 0.489 e. The summed E-state index contributed by atoms with van der Waals surface area (Å²) in [6.07, 6.45) is -0.221. The van der Waals surface area contributed by atoms with Crippen molar-refractivity contribution in [1.82, 2.24) is 9.97 Å².